The van der Waals surface area contributed by atoms with Gasteiger partial charge in [-0.05, 0) is 60.2 Å². The second kappa shape index (κ2) is 11.6. The average Bonchev–Trinajstić information content (AvgIpc) is 3.37. The topological polar surface area (TPSA) is 85.6 Å². The molecule has 0 aliphatic heterocycles. The van der Waals surface area contributed by atoms with Crippen LogP contribution in [-0.4, -0.2) is 25.3 Å². The molecular formula is C32H23NO5S. The Hall–Kier alpha value is -4.93. The first kappa shape index (κ1) is 25.7. The second-order valence-electron chi connectivity index (χ2n) is 8.63. The molecule has 4 aromatic carbocycles. The first-order valence-corrected chi connectivity index (χ1v) is 13.0. The first-order chi connectivity index (χ1) is 19.1. The molecule has 5 rings (SSSR count). The van der Waals surface area contributed by atoms with E-state index < -0.39 is 0 Å². The molecule has 0 amide bonds. The minimum absolute atomic E-state index is 0.232. The number of hydrogen-bond donors (Lipinski definition) is 0. The second-order valence-corrected chi connectivity index (χ2v) is 9.68. The van der Waals surface area contributed by atoms with Crippen molar-refractivity contribution in [1.82, 2.24) is 0 Å². The summed E-state index contributed by atoms with van der Waals surface area (Å²) < 4.78 is 18.3. The molecule has 0 radical (unpaired) electrons. The number of carbonyl (C=O) groups excluding carboxylic acids is 2. The van der Waals surface area contributed by atoms with Crippen molar-refractivity contribution in [3.8, 4) is 23.3 Å². The molecule has 0 aliphatic carbocycles. The summed E-state index contributed by atoms with van der Waals surface area (Å²) in [5.74, 6) is 0.833. The Bertz CT molecular complexity index is 1680. The third kappa shape index (κ3) is 5.66. The van der Waals surface area contributed by atoms with Crippen LogP contribution in [0.15, 0.2) is 97.1 Å². The number of hydrogen-bond acceptors (Lipinski definition) is 7. The minimum atomic E-state index is -0.269. The number of benzene rings is 4. The zero-order valence-electron chi connectivity index (χ0n) is 21.0. The van der Waals surface area contributed by atoms with Gasteiger partial charge in [-0.15, -0.1) is 11.3 Å². The van der Waals surface area contributed by atoms with Gasteiger partial charge in [0.25, 0.3) is 0 Å². The van der Waals surface area contributed by atoms with Crippen LogP contribution in [0.2, 0.25) is 0 Å². The number of thiophene rings is 1. The van der Waals surface area contributed by atoms with Crippen LogP contribution in [0.1, 0.15) is 36.7 Å². The van der Waals surface area contributed by atoms with Crippen LogP contribution in [0, 0.1) is 11.3 Å². The summed E-state index contributed by atoms with van der Waals surface area (Å²) in [6.07, 6.45) is 0. The lowest BCUT2D eigenvalue weighted by molar-refractivity contribution is 0.0917. The smallest absolute Gasteiger partial charge is 0.206 e. The van der Waals surface area contributed by atoms with E-state index in [1.165, 1.54) is 18.4 Å². The van der Waals surface area contributed by atoms with Crippen LogP contribution in [-0.2, 0) is 6.61 Å². The Morgan fingerprint density at radius 3 is 2.28 bits per heavy atom. The van der Waals surface area contributed by atoms with E-state index >= 15 is 0 Å². The molecule has 1 heterocycles. The molecule has 0 saturated carbocycles. The summed E-state index contributed by atoms with van der Waals surface area (Å²) >= 11 is 1.31. The van der Waals surface area contributed by atoms with Gasteiger partial charge in [0, 0.05) is 21.2 Å². The van der Waals surface area contributed by atoms with Gasteiger partial charge in [0.05, 0.1) is 18.7 Å². The number of ether oxygens (including phenoxy) is 3. The number of ketones is 2. The Labute approximate surface area is 229 Å². The highest BCUT2D eigenvalue weighted by atomic mass is 32.1. The van der Waals surface area contributed by atoms with Gasteiger partial charge in [-0.25, -0.2) is 0 Å². The van der Waals surface area contributed by atoms with Gasteiger partial charge >= 0.3 is 0 Å². The van der Waals surface area contributed by atoms with Crippen molar-refractivity contribution in [3.05, 3.63) is 124 Å². The monoisotopic (exact) mass is 533 g/mol. The third-order valence-corrected chi connectivity index (χ3v) is 7.25. The molecule has 0 fully saturated rings. The van der Waals surface area contributed by atoms with E-state index in [9.17, 15) is 9.59 Å². The summed E-state index contributed by atoms with van der Waals surface area (Å²) in [6.45, 7) is 0.108. The number of methoxy groups -OCH3 is 1. The Balaban J connectivity index is 1.35. The maximum atomic E-state index is 13.4. The number of rotatable bonds is 10. The molecular weight excluding hydrogens is 510 g/mol. The van der Waals surface area contributed by atoms with Crippen LogP contribution < -0.4 is 14.2 Å². The van der Waals surface area contributed by atoms with Gasteiger partial charge in [-0.1, -0.05) is 42.5 Å². The van der Waals surface area contributed by atoms with E-state index in [0.717, 1.165) is 15.6 Å². The summed E-state index contributed by atoms with van der Waals surface area (Å²) in [4.78, 5) is 26.9. The van der Waals surface area contributed by atoms with Gasteiger partial charge in [0.1, 0.15) is 17.2 Å². The maximum absolute atomic E-state index is 13.4. The van der Waals surface area contributed by atoms with Crippen molar-refractivity contribution >= 4 is 33.0 Å². The van der Waals surface area contributed by atoms with Crippen molar-refractivity contribution in [2.24, 2.45) is 0 Å². The predicted molar refractivity (Wildman–Crippen MR) is 150 cm³/mol. The summed E-state index contributed by atoms with van der Waals surface area (Å²) in [7, 11) is 1.52. The Kier molecular flexibility index (Phi) is 7.67. The largest absolute Gasteiger partial charge is 0.493 e. The molecule has 7 heteroatoms. The van der Waals surface area contributed by atoms with E-state index in [0.29, 0.717) is 45.4 Å². The van der Waals surface area contributed by atoms with Crippen LogP contribution in [0.4, 0.5) is 0 Å². The van der Waals surface area contributed by atoms with Gasteiger partial charge in [0.15, 0.2) is 23.9 Å². The number of nitrogens with zero attached hydrogens (tertiary/aromatic N) is 1. The fourth-order valence-corrected chi connectivity index (χ4v) is 5.17. The van der Waals surface area contributed by atoms with E-state index in [4.69, 9.17) is 19.5 Å². The van der Waals surface area contributed by atoms with Crippen molar-refractivity contribution in [2.45, 2.75) is 6.61 Å². The van der Waals surface area contributed by atoms with Crippen molar-refractivity contribution in [2.75, 3.05) is 13.7 Å². The van der Waals surface area contributed by atoms with Gasteiger partial charge in [-0.3, -0.25) is 9.59 Å². The zero-order valence-corrected chi connectivity index (χ0v) is 21.9. The fraction of sp³-hybridized carbons (Fsp3) is 0.0938. The molecule has 192 valence electrons. The molecule has 1 aromatic heterocycles. The molecule has 0 spiro atoms. The summed E-state index contributed by atoms with van der Waals surface area (Å²) in [5.41, 5.74) is 2.32. The van der Waals surface area contributed by atoms with Crippen LogP contribution in [0.25, 0.3) is 10.1 Å². The SMILES string of the molecule is COc1cc(C(=O)COc2c(C(=O)c3ccc(C#N)cc3)sc3ccccc23)ccc1OCc1ccccc1. The molecule has 6 nitrogen and oxygen atoms in total. The van der Waals surface area contributed by atoms with E-state index in [2.05, 4.69) is 6.07 Å². The van der Waals surface area contributed by atoms with E-state index in [1.807, 2.05) is 54.6 Å². The molecule has 0 N–H and O–H groups in total. The maximum Gasteiger partial charge on any atom is 0.206 e. The van der Waals surface area contributed by atoms with Crippen molar-refractivity contribution in [3.63, 3.8) is 0 Å². The summed E-state index contributed by atoms with van der Waals surface area (Å²) in [5, 5.41) is 9.82. The lowest BCUT2D eigenvalue weighted by Gasteiger charge is -2.12. The number of Topliss-reactive ketones (excluding diaryl/α,β-unsaturated/α-hetero) is 1. The standard InChI is InChI=1S/C32H23NO5S/c1-36-28-17-24(15-16-27(28)37-19-22-7-3-2-4-8-22)26(34)20-38-31-25-9-5-6-10-29(25)39-32(31)30(35)23-13-11-21(18-33)12-14-23/h2-17H,19-20H2,1H3. The third-order valence-electron chi connectivity index (χ3n) is 6.10. The van der Waals surface area contributed by atoms with Gasteiger partial charge < -0.3 is 14.2 Å². The van der Waals surface area contributed by atoms with Crippen LogP contribution >= 0.6 is 11.3 Å². The fourth-order valence-electron chi connectivity index (χ4n) is 4.06. The molecule has 0 aliphatic rings. The molecule has 0 bridgehead atoms. The molecule has 5 aromatic rings. The highest BCUT2D eigenvalue weighted by Crippen LogP contribution is 2.39. The molecule has 0 atom stereocenters. The number of fused-ring (bicyclic) bond motifs is 1. The quantitative estimate of drug-likeness (QED) is 0.183. The molecule has 0 unspecified atom stereocenters. The van der Waals surface area contributed by atoms with Crippen molar-refractivity contribution < 1.29 is 23.8 Å². The lowest BCUT2D eigenvalue weighted by atomic mass is 10.1. The Morgan fingerprint density at radius 2 is 1.54 bits per heavy atom. The normalized spacial score (nSPS) is 10.6. The zero-order chi connectivity index (χ0) is 27.2. The van der Waals surface area contributed by atoms with E-state index in [-0.39, 0.29) is 18.2 Å². The van der Waals surface area contributed by atoms with Gasteiger partial charge in [0.2, 0.25) is 5.78 Å². The highest BCUT2D eigenvalue weighted by Gasteiger charge is 2.22. The van der Waals surface area contributed by atoms with Crippen LogP contribution in [0.3, 0.4) is 0 Å². The van der Waals surface area contributed by atoms with Crippen LogP contribution in [0.5, 0.6) is 17.2 Å². The van der Waals surface area contributed by atoms with Gasteiger partial charge in [-0.2, -0.15) is 5.26 Å². The molecule has 39 heavy (non-hydrogen) atoms. The Morgan fingerprint density at radius 1 is 0.821 bits per heavy atom. The van der Waals surface area contributed by atoms with Crippen molar-refractivity contribution in [1.29, 1.82) is 5.26 Å². The number of nitriles is 1. The average molecular weight is 534 g/mol. The molecule has 0 saturated heterocycles. The highest BCUT2D eigenvalue weighted by molar-refractivity contribution is 7.21. The van der Waals surface area contributed by atoms with E-state index in [1.54, 1.807) is 42.5 Å². The summed E-state index contributed by atoms with van der Waals surface area (Å²) in [6, 6.07) is 30.8. The lowest BCUT2D eigenvalue weighted by Crippen LogP contribution is -2.13. The predicted octanol–water partition coefficient (Wildman–Crippen LogP) is 6.85. The number of carbonyl (C=O) groups is 2. The first-order valence-electron chi connectivity index (χ1n) is 12.1. The minimum Gasteiger partial charge on any atom is -0.493 e.